The quantitative estimate of drug-likeness (QED) is 0.842. The van der Waals surface area contributed by atoms with Gasteiger partial charge in [-0.3, -0.25) is 0 Å². The van der Waals surface area contributed by atoms with E-state index in [-0.39, 0.29) is 17.6 Å². The molecular formula is C11H10F3N3O2. The molecule has 0 aliphatic rings. The molecule has 0 saturated carbocycles. The van der Waals surface area contributed by atoms with Crippen molar-refractivity contribution in [2.24, 2.45) is 0 Å². The molecular weight excluding hydrogens is 263 g/mol. The molecule has 0 spiro atoms. The maximum atomic E-state index is 12.4. The van der Waals surface area contributed by atoms with Crippen molar-refractivity contribution >= 4 is 0 Å². The van der Waals surface area contributed by atoms with Gasteiger partial charge in [0.05, 0.1) is 5.56 Å². The van der Waals surface area contributed by atoms with Gasteiger partial charge in [-0.05, 0) is 12.1 Å². The van der Waals surface area contributed by atoms with E-state index in [4.69, 9.17) is 4.42 Å². The largest absolute Gasteiger partial charge is 0.443 e. The van der Waals surface area contributed by atoms with E-state index in [1.807, 2.05) is 0 Å². The smallest absolute Gasteiger partial charge is 0.392 e. The van der Waals surface area contributed by atoms with Gasteiger partial charge in [-0.15, -0.1) is 9.78 Å². The Labute approximate surface area is 105 Å². The molecule has 5 nitrogen and oxygen atoms in total. The van der Waals surface area contributed by atoms with Crippen LogP contribution in [-0.4, -0.2) is 14.8 Å². The molecule has 0 aromatic carbocycles. The lowest BCUT2D eigenvalue weighted by Crippen LogP contribution is -2.15. The summed E-state index contributed by atoms with van der Waals surface area (Å²) in [5.74, 6) is -0.709. The van der Waals surface area contributed by atoms with Crippen molar-refractivity contribution in [1.82, 2.24) is 14.8 Å². The van der Waals surface area contributed by atoms with Gasteiger partial charge in [0.1, 0.15) is 0 Å². The monoisotopic (exact) mass is 273 g/mol. The molecule has 2 aromatic rings. The van der Waals surface area contributed by atoms with Crippen LogP contribution in [0.1, 0.15) is 31.2 Å². The Morgan fingerprint density at radius 1 is 1.32 bits per heavy atom. The molecule has 8 heteroatoms. The van der Waals surface area contributed by atoms with Crippen LogP contribution < -0.4 is 5.76 Å². The Hall–Kier alpha value is -2.12. The van der Waals surface area contributed by atoms with E-state index >= 15 is 0 Å². The number of hydrogen-bond acceptors (Lipinski definition) is 4. The maximum absolute atomic E-state index is 12.4. The number of pyridine rings is 1. The van der Waals surface area contributed by atoms with Gasteiger partial charge < -0.3 is 4.42 Å². The topological polar surface area (TPSA) is 60.9 Å². The van der Waals surface area contributed by atoms with Crippen LogP contribution in [0.5, 0.6) is 0 Å². The Morgan fingerprint density at radius 3 is 2.42 bits per heavy atom. The van der Waals surface area contributed by atoms with Gasteiger partial charge in [0.2, 0.25) is 5.89 Å². The minimum atomic E-state index is -4.47. The van der Waals surface area contributed by atoms with Crippen LogP contribution in [0.3, 0.4) is 0 Å². The van der Waals surface area contributed by atoms with Crippen molar-refractivity contribution in [3.05, 3.63) is 40.3 Å². The van der Waals surface area contributed by atoms with Crippen molar-refractivity contribution in [1.29, 1.82) is 0 Å². The molecule has 0 unspecified atom stereocenters. The lowest BCUT2D eigenvalue weighted by molar-refractivity contribution is -0.137. The van der Waals surface area contributed by atoms with Crippen LogP contribution in [0.15, 0.2) is 27.5 Å². The van der Waals surface area contributed by atoms with Crippen LogP contribution in [0, 0.1) is 0 Å². The predicted octanol–water partition coefficient (Wildman–Crippen LogP) is 2.36. The molecule has 0 fully saturated rings. The van der Waals surface area contributed by atoms with Gasteiger partial charge in [-0.2, -0.15) is 13.2 Å². The van der Waals surface area contributed by atoms with E-state index in [1.54, 1.807) is 13.8 Å². The normalized spacial score (nSPS) is 12.1. The first-order valence-corrected chi connectivity index (χ1v) is 5.42. The first-order chi connectivity index (χ1) is 8.79. The molecule has 2 heterocycles. The second-order valence-electron chi connectivity index (χ2n) is 4.18. The predicted molar refractivity (Wildman–Crippen MR) is 59.0 cm³/mol. The summed E-state index contributed by atoms with van der Waals surface area (Å²) < 4.78 is 42.8. The minimum Gasteiger partial charge on any atom is -0.392 e. The highest BCUT2D eigenvalue weighted by Crippen LogP contribution is 2.28. The molecule has 0 radical (unpaired) electrons. The zero-order chi connectivity index (χ0) is 14.2. The Bertz CT molecular complexity index is 626. The average Bonchev–Trinajstić information content (AvgIpc) is 2.70. The third-order valence-corrected chi connectivity index (χ3v) is 2.35. The zero-order valence-electron chi connectivity index (χ0n) is 10.1. The summed E-state index contributed by atoms with van der Waals surface area (Å²) in [6.45, 7) is 3.55. The summed E-state index contributed by atoms with van der Waals surface area (Å²) in [5, 5.41) is 3.87. The molecule has 0 bridgehead atoms. The van der Waals surface area contributed by atoms with Crippen molar-refractivity contribution in [2.75, 3.05) is 0 Å². The van der Waals surface area contributed by atoms with Gasteiger partial charge in [0.15, 0.2) is 5.82 Å². The van der Waals surface area contributed by atoms with Crippen molar-refractivity contribution in [3.63, 3.8) is 0 Å². The summed E-state index contributed by atoms with van der Waals surface area (Å²) >= 11 is 0. The zero-order valence-corrected chi connectivity index (χ0v) is 10.1. The number of halogens is 3. The SMILES string of the molecule is CC(C)c1nn(-c2ccc(C(F)(F)F)cn2)c(=O)o1. The molecule has 0 saturated heterocycles. The van der Waals surface area contributed by atoms with E-state index in [0.717, 1.165) is 16.8 Å². The Morgan fingerprint density at radius 2 is 2.00 bits per heavy atom. The fraction of sp³-hybridized carbons (Fsp3) is 0.364. The van der Waals surface area contributed by atoms with Crippen molar-refractivity contribution < 1.29 is 17.6 Å². The second kappa shape index (κ2) is 4.52. The van der Waals surface area contributed by atoms with E-state index in [2.05, 4.69) is 10.1 Å². The average molecular weight is 273 g/mol. The van der Waals surface area contributed by atoms with Crippen molar-refractivity contribution in [2.45, 2.75) is 25.9 Å². The van der Waals surface area contributed by atoms with Crippen LogP contribution in [-0.2, 0) is 6.18 Å². The highest BCUT2D eigenvalue weighted by Gasteiger charge is 2.30. The van der Waals surface area contributed by atoms with E-state index < -0.39 is 17.5 Å². The third kappa shape index (κ3) is 2.67. The second-order valence-corrected chi connectivity index (χ2v) is 4.18. The molecule has 2 aromatic heterocycles. The van der Waals surface area contributed by atoms with Crippen LogP contribution in [0.2, 0.25) is 0 Å². The van der Waals surface area contributed by atoms with Gasteiger partial charge in [-0.1, -0.05) is 13.8 Å². The van der Waals surface area contributed by atoms with Crippen LogP contribution in [0.25, 0.3) is 5.82 Å². The molecule has 0 aliphatic heterocycles. The van der Waals surface area contributed by atoms with Gasteiger partial charge >= 0.3 is 11.9 Å². The summed E-state index contributed by atoms with van der Waals surface area (Å²) in [4.78, 5) is 15.1. The molecule has 19 heavy (non-hydrogen) atoms. The standard InChI is InChI=1S/C11H10F3N3O2/c1-6(2)9-16-17(10(18)19-9)8-4-3-7(5-15-8)11(12,13)14/h3-6H,1-2H3. The number of aromatic nitrogens is 3. The number of nitrogens with zero attached hydrogens (tertiary/aromatic N) is 3. The molecule has 0 N–H and O–H groups in total. The molecule has 102 valence electrons. The highest BCUT2D eigenvalue weighted by atomic mass is 19.4. The molecule has 0 atom stereocenters. The summed E-state index contributed by atoms with van der Waals surface area (Å²) in [7, 11) is 0. The minimum absolute atomic E-state index is 0.0198. The van der Waals surface area contributed by atoms with Gasteiger partial charge in [0, 0.05) is 12.1 Å². The first-order valence-electron chi connectivity index (χ1n) is 5.42. The number of rotatable bonds is 2. The summed E-state index contributed by atoms with van der Waals surface area (Å²) in [5.41, 5.74) is -0.892. The number of alkyl halides is 3. The van der Waals surface area contributed by atoms with E-state index in [9.17, 15) is 18.0 Å². The summed E-state index contributed by atoms with van der Waals surface area (Å²) in [6, 6.07) is 1.90. The van der Waals surface area contributed by atoms with Gasteiger partial charge in [-0.25, -0.2) is 9.78 Å². The molecule has 2 rings (SSSR count). The molecule has 0 aliphatic carbocycles. The Balaban J connectivity index is 2.40. The van der Waals surface area contributed by atoms with Crippen LogP contribution >= 0.6 is 0 Å². The molecule has 0 amide bonds. The lowest BCUT2D eigenvalue weighted by Gasteiger charge is -2.05. The maximum Gasteiger partial charge on any atom is 0.443 e. The lowest BCUT2D eigenvalue weighted by atomic mass is 10.2. The number of hydrogen-bond donors (Lipinski definition) is 0. The van der Waals surface area contributed by atoms with Crippen molar-refractivity contribution in [3.8, 4) is 5.82 Å². The van der Waals surface area contributed by atoms with E-state index in [1.165, 1.54) is 0 Å². The highest BCUT2D eigenvalue weighted by molar-refractivity contribution is 5.25. The van der Waals surface area contributed by atoms with E-state index in [0.29, 0.717) is 6.20 Å². The Kier molecular flexibility index (Phi) is 3.17. The van der Waals surface area contributed by atoms with Crippen LogP contribution in [0.4, 0.5) is 13.2 Å². The fourth-order valence-electron chi connectivity index (χ4n) is 1.35. The fourth-order valence-corrected chi connectivity index (χ4v) is 1.35. The third-order valence-electron chi connectivity index (χ3n) is 2.35. The van der Waals surface area contributed by atoms with Gasteiger partial charge in [0.25, 0.3) is 0 Å². The summed E-state index contributed by atoms with van der Waals surface area (Å²) in [6.07, 6.45) is -3.82. The first kappa shape index (κ1) is 13.3.